The molecule has 2 heterocycles. The van der Waals surface area contributed by atoms with Crippen molar-refractivity contribution in [2.75, 3.05) is 6.54 Å². The van der Waals surface area contributed by atoms with E-state index in [4.69, 9.17) is 4.52 Å². The predicted molar refractivity (Wildman–Crippen MR) is 75.4 cm³/mol. The van der Waals surface area contributed by atoms with Gasteiger partial charge >= 0.3 is 0 Å². The minimum absolute atomic E-state index is 0.138. The van der Waals surface area contributed by atoms with Crippen molar-refractivity contribution in [1.82, 2.24) is 15.5 Å². The van der Waals surface area contributed by atoms with Crippen LogP contribution in [0.5, 0.6) is 0 Å². The van der Waals surface area contributed by atoms with E-state index in [1.54, 1.807) is 24.5 Å². The predicted octanol–water partition coefficient (Wildman–Crippen LogP) is 1.63. The third kappa shape index (κ3) is 3.11. The number of carbonyl (C=O) groups excluding carboxylic acids is 1. The van der Waals surface area contributed by atoms with E-state index in [-0.39, 0.29) is 23.6 Å². The zero-order valence-corrected chi connectivity index (χ0v) is 11.5. The summed E-state index contributed by atoms with van der Waals surface area (Å²) in [6.45, 7) is 0.467. The summed E-state index contributed by atoms with van der Waals surface area (Å²) in [6, 6.07) is 5.22. The second-order valence-electron chi connectivity index (χ2n) is 5.29. The second-order valence-corrected chi connectivity index (χ2v) is 5.29. The van der Waals surface area contributed by atoms with Crippen LogP contribution < -0.4 is 5.32 Å². The van der Waals surface area contributed by atoms with Crippen LogP contribution in [0.2, 0.25) is 0 Å². The van der Waals surface area contributed by atoms with Gasteiger partial charge in [0, 0.05) is 36.5 Å². The summed E-state index contributed by atoms with van der Waals surface area (Å²) in [7, 11) is 0. The van der Waals surface area contributed by atoms with Gasteiger partial charge in [-0.15, -0.1) is 0 Å². The monoisotopic (exact) mass is 287 g/mol. The molecule has 3 rings (SSSR count). The Kier molecular flexibility index (Phi) is 3.96. The largest absolute Gasteiger partial charge is 0.393 e. The van der Waals surface area contributed by atoms with Crippen molar-refractivity contribution in [3.05, 3.63) is 36.3 Å². The van der Waals surface area contributed by atoms with Gasteiger partial charge in [0.25, 0.3) is 5.91 Å². The van der Waals surface area contributed by atoms with Gasteiger partial charge in [-0.05, 0) is 25.0 Å². The molecule has 21 heavy (non-hydrogen) atoms. The SMILES string of the molecule is O=C(NCC1CCCC1O)c1cc(-c2cccnc2)on1. The van der Waals surface area contributed by atoms with E-state index >= 15 is 0 Å². The number of nitrogens with one attached hydrogen (secondary N) is 1. The minimum Gasteiger partial charge on any atom is -0.393 e. The number of aromatic nitrogens is 2. The van der Waals surface area contributed by atoms with Crippen molar-refractivity contribution in [2.24, 2.45) is 5.92 Å². The molecule has 0 spiro atoms. The highest BCUT2D eigenvalue weighted by Crippen LogP contribution is 2.25. The van der Waals surface area contributed by atoms with Gasteiger partial charge in [0.1, 0.15) is 0 Å². The van der Waals surface area contributed by atoms with Crippen LogP contribution in [-0.4, -0.2) is 33.8 Å². The fraction of sp³-hybridized carbons (Fsp3) is 0.400. The maximum absolute atomic E-state index is 12.0. The first kappa shape index (κ1) is 13.8. The van der Waals surface area contributed by atoms with Crippen molar-refractivity contribution in [2.45, 2.75) is 25.4 Å². The molecular weight excluding hydrogens is 270 g/mol. The van der Waals surface area contributed by atoms with Crippen LogP contribution in [0.3, 0.4) is 0 Å². The Morgan fingerprint density at radius 1 is 1.48 bits per heavy atom. The summed E-state index contributed by atoms with van der Waals surface area (Å²) in [5.41, 5.74) is 1.01. The molecule has 2 unspecified atom stereocenters. The first-order valence-corrected chi connectivity index (χ1v) is 7.07. The number of aliphatic hydroxyl groups is 1. The van der Waals surface area contributed by atoms with Crippen LogP contribution in [0.4, 0.5) is 0 Å². The fourth-order valence-corrected chi connectivity index (χ4v) is 2.60. The van der Waals surface area contributed by atoms with Crippen LogP contribution >= 0.6 is 0 Å². The highest BCUT2D eigenvalue weighted by Gasteiger charge is 2.26. The van der Waals surface area contributed by atoms with E-state index in [0.717, 1.165) is 24.8 Å². The second kappa shape index (κ2) is 6.05. The van der Waals surface area contributed by atoms with E-state index < -0.39 is 0 Å². The van der Waals surface area contributed by atoms with Crippen LogP contribution in [-0.2, 0) is 0 Å². The molecule has 2 aromatic heterocycles. The average Bonchev–Trinajstić information content (AvgIpc) is 3.15. The Labute approximate surface area is 122 Å². The molecule has 6 heteroatoms. The first-order chi connectivity index (χ1) is 10.2. The Balaban J connectivity index is 1.62. The molecule has 0 saturated heterocycles. The average molecular weight is 287 g/mol. The summed E-state index contributed by atoms with van der Waals surface area (Å²) >= 11 is 0. The van der Waals surface area contributed by atoms with Crippen molar-refractivity contribution in [3.63, 3.8) is 0 Å². The molecular formula is C15H17N3O3. The number of pyridine rings is 1. The highest BCUT2D eigenvalue weighted by atomic mass is 16.5. The molecule has 0 aromatic carbocycles. The van der Waals surface area contributed by atoms with Gasteiger partial charge in [0.2, 0.25) is 0 Å². The number of amides is 1. The summed E-state index contributed by atoms with van der Waals surface area (Å²) in [5, 5.41) is 16.3. The topological polar surface area (TPSA) is 88.2 Å². The molecule has 110 valence electrons. The fourth-order valence-electron chi connectivity index (χ4n) is 2.60. The lowest BCUT2D eigenvalue weighted by Crippen LogP contribution is -2.32. The van der Waals surface area contributed by atoms with Gasteiger partial charge < -0.3 is 14.9 Å². The summed E-state index contributed by atoms with van der Waals surface area (Å²) in [4.78, 5) is 16.0. The number of hydrogen-bond acceptors (Lipinski definition) is 5. The van der Waals surface area contributed by atoms with Gasteiger partial charge in [-0.3, -0.25) is 9.78 Å². The number of carbonyl (C=O) groups is 1. The lowest BCUT2D eigenvalue weighted by Gasteiger charge is -2.14. The molecule has 1 fully saturated rings. The Hall–Kier alpha value is -2.21. The summed E-state index contributed by atoms with van der Waals surface area (Å²) < 4.78 is 5.16. The highest BCUT2D eigenvalue weighted by molar-refractivity contribution is 5.93. The van der Waals surface area contributed by atoms with Gasteiger partial charge in [0.15, 0.2) is 11.5 Å². The van der Waals surface area contributed by atoms with E-state index in [9.17, 15) is 9.90 Å². The molecule has 2 N–H and O–H groups in total. The molecule has 0 radical (unpaired) electrons. The molecule has 2 aromatic rings. The molecule has 1 saturated carbocycles. The van der Waals surface area contributed by atoms with Gasteiger partial charge in [-0.1, -0.05) is 11.6 Å². The Morgan fingerprint density at radius 2 is 2.38 bits per heavy atom. The van der Waals surface area contributed by atoms with E-state index in [1.807, 2.05) is 6.07 Å². The van der Waals surface area contributed by atoms with Gasteiger partial charge in [0.05, 0.1) is 6.10 Å². The third-order valence-electron chi connectivity index (χ3n) is 3.83. The number of aliphatic hydroxyl groups excluding tert-OH is 1. The van der Waals surface area contributed by atoms with Crippen LogP contribution in [0, 0.1) is 5.92 Å². The number of rotatable bonds is 4. The maximum Gasteiger partial charge on any atom is 0.273 e. The Morgan fingerprint density at radius 3 is 3.10 bits per heavy atom. The summed E-state index contributed by atoms with van der Waals surface area (Å²) in [5.74, 6) is 0.362. The van der Waals surface area contributed by atoms with Crippen molar-refractivity contribution < 1.29 is 14.4 Å². The zero-order chi connectivity index (χ0) is 14.7. The normalized spacial score (nSPS) is 21.4. The molecule has 0 aliphatic heterocycles. The van der Waals surface area contributed by atoms with E-state index in [2.05, 4.69) is 15.5 Å². The van der Waals surface area contributed by atoms with Crippen molar-refractivity contribution in [3.8, 4) is 11.3 Å². The lowest BCUT2D eigenvalue weighted by molar-refractivity contribution is 0.0908. The van der Waals surface area contributed by atoms with Crippen molar-refractivity contribution in [1.29, 1.82) is 0 Å². The minimum atomic E-state index is -0.312. The smallest absolute Gasteiger partial charge is 0.273 e. The van der Waals surface area contributed by atoms with Gasteiger partial charge in [-0.25, -0.2) is 0 Å². The lowest BCUT2D eigenvalue weighted by atomic mass is 10.1. The standard InChI is InChI=1S/C15H17N3O3/c19-13-5-1-3-10(13)9-17-15(20)12-7-14(21-18-12)11-4-2-6-16-8-11/h2,4,6-8,10,13,19H,1,3,5,9H2,(H,17,20). The molecule has 1 aliphatic rings. The third-order valence-corrected chi connectivity index (χ3v) is 3.83. The molecule has 1 amide bonds. The van der Waals surface area contributed by atoms with Crippen LogP contribution in [0.25, 0.3) is 11.3 Å². The number of nitrogens with zero attached hydrogens (tertiary/aromatic N) is 2. The molecule has 1 aliphatic carbocycles. The maximum atomic E-state index is 12.0. The summed E-state index contributed by atoms with van der Waals surface area (Å²) in [6.07, 6.45) is 5.78. The molecule has 2 atom stereocenters. The molecule has 6 nitrogen and oxygen atoms in total. The number of hydrogen-bond donors (Lipinski definition) is 2. The van der Waals surface area contributed by atoms with E-state index in [0.29, 0.717) is 12.3 Å². The Bertz CT molecular complexity index is 612. The molecule has 0 bridgehead atoms. The van der Waals surface area contributed by atoms with Crippen LogP contribution in [0.15, 0.2) is 35.1 Å². The zero-order valence-electron chi connectivity index (χ0n) is 11.5. The van der Waals surface area contributed by atoms with Crippen molar-refractivity contribution >= 4 is 5.91 Å². The quantitative estimate of drug-likeness (QED) is 0.892. The van der Waals surface area contributed by atoms with Crippen LogP contribution in [0.1, 0.15) is 29.8 Å². The van der Waals surface area contributed by atoms with E-state index in [1.165, 1.54) is 0 Å². The van der Waals surface area contributed by atoms with Gasteiger partial charge in [-0.2, -0.15) is 0 Å². The first-order valence-electron chi connectivity index (χ1n) is 7.07.